The molecule has 17 heavy (non-hydrogen) atoms. The Kier molecular flexibility index (Phi) is 3.54. The second-order valence-corrected chi connectivity index (χ2v) is 6.82. The van der Waals surface area contributed by atoms with Gasteiger partial charge in [-0.1, -0.05) is 22.6 Å². The highest BCUT2D eigenvalue weighted by molar-refractivity contribution is 14.1. The van der Waals surface area contributed by atoms with Crippen molar-refractivity contribution in [3.05, 3.63) is 23.8 Å². The number of ether oxygens (including phenoxy) is 1. The summed E-state index contributed by atoms with van der Waals surface area (Å²) in [6, 6.07) is 6.67. The van der Waals surface area contributed by atoms with Crippen molar-refractivity contribution in [2.75, 3.05) is 18.2 Å². The summed E-state index contributed by atoms with van der Waals surface area (Å²) in [7, 11) is 0. The van der Waals surface area contributed by atoms with E-state index in [4.69, 9.17) is 4.74 Å². The highest BCUT2D eigenvalue weighted by Gasteiger charge is 2.37. The summed E-state index contributed by atoms with van der Waals surface area (Å²) >= 11 is 4.31. The van der Waals surface area contributed by atoms with Gasteiger partial charge in [0, 0.05) is 28.7 Å². The van der Waals surface area contributed by atoms with Crippen molar-refractivity contribution in [1.29, 1.82) is 0 Å². The maximum Gasteiger partial charge on any atom is 0.0900 e. The normalized spacial score (nSPS) is 31.3. The lowest BCUT2D eigenvalue weighted by molar-refractivity contribution is -0.0281. The van der Waals surface area contributed by atoms with E-state index in [1.165, 1.54) is 29.0 Å². The van der Waals surface area contributed by atoms with Crippen LogP contribution in [0, 0.1) is 5.92 Å². The van der Waals surface area contributed by atoms with Gasteiger partial charge in [-0.05, 0) is 37.3 Å². The maximum atomic E-state index is 6.02. The zero-order valence-electron chi connectivity index (χ0n) is 9.78. The molecule has 0 saturated carbocycles. The molecule has 2 heterocycles. The Hall–Kier alpha value is 0.0600. The van der Waals surface area contributed by atoms with Gasteiger partial charge in [0.2, 0.25) is 0 Å². The molecule has 0 radical (unpaired) electrons. The molecule has 1 saturated heterocycles. The van der Waals surface area contributed by atoms with Gasteiger partial charge in [-0.2, -0.15) is 0 Å². The fourth-order valence-electron chi connectivity index (χ4n) is 2.71. The van der Waals surface area contributed by atoms with Crippen molar-refractivity contribution in [1.82, 2.24) is 0 Å². The molecule has 2 nitrogen and oxygen atoms in total. The summed E-state index contributed by atoms with van der Waals surface area (Å²) in [6.45, 7) is 0.910. The highest BCUT2D eigenvalue weighted by Crippen LogP contribution is 2.46. The predicted octanol–water partition coefficient (Wildman–Crippen LogP) is 4.06. The first kappa shape index (κ1) is 12.1. The number of hydrogen-bond donors (Lipinski definition) is 1. The van der Waals surface area contributed by atoms with Gasteiger partial charge in [0.1, 0.15) is 0 Å². The van der Waals surface area contributed by atoms with Crippen molar-refractivity contribution < 1.29 is 4.74 Å². The quantitative estimate of drug-likeness (QED) is 0.353. The second-order valence-electron chi connectivity index (χ2n) is 4.60. The third-order valence-corrected chi connectivity index (χ3v) is 5.56. The van der Waals surface area contributed by atoms with E-state index in [0.717, 1.165) is 6.61 Å². The van der Waals surface area contributed by atoms with Crippen LogP contribution in [0.1, 0.15) is 24.5 Å². The number of rotatable bonds is 1. The van der Waals surface area contributed by atoms with E-state index in [9.17, 15) is 0 Å². The number of fused-ring (bicyclic) bond motifs is 3. The van der Waals surface area contributed by atoms with Crippen molar-refractivity contribution >= 4 is 40.0 Å². The highest BCUT2D eigenvalue weighted by atomic mass is 127. The van der Waals surface area contributed by atoms with Crippen LogP contribution in [0.2, 0.25) is 0 Å². The summed E-state index contributed by atoms with van der Waals surface area (Å²) in [4.78, 5) is 1.32. The van der Waals surface area contributed by atoms with Crippen LogP contribution in [-0.2, 0) is 4.74 Å². The molecule has 1 aromatic rings. The van der Waals surface area contributed by atoms with Gasteiger partial charge in [0.25, 0.3) is 0 Å². The van der Waals surface area contributed by atoms with Gasteiger partial charge < -0.3 is 10.1 Å². The first-order valence-electron chi connectivity index (χ1n) is 6.00. The molecular formula is C13H16INOS. The fourth-order valence-corrected chi connectivity index (χ4v) is 4.24. The molecule has 92 valence electrons. The Morgan fingerprint density at radius 1 is 1.47 bits per heavy atom. The standard InChI is InChI=1S/C13H16INOS/c1-17-8-4-5-11-10(7-8)12-9(13(14)15-11)3-2-6-16-12/h4-5,7,9,12-13,15H,2-3,6H2,1H3/t9-,12+,13-/m1/s1. The molecular weight excluding hydrogens is 345 g/mol. The summed E-state index contributed by atoms with van der Waals surface area (Å²) in [5.74, 6) is 0.619. The van der Waals surface area contributed by atoms with Crippen LogP contribution in [0.4, 0.5) is 5.69 Å². The second kappa shape index (κ2) is 4.97. The Balaban J connectivity index is 2.01. The molecule has 0 bridgehead atoms. The van der Waals surface area contributed by atoms with Crippen molar-refractivity contribution in [2.24, 2.45) is 5.92 Å². The minimum atomic E-state index is 0.300. The number of halogens is 1. The van der Waals surface area contributed by atoms with Crippen LogP contribution >= 0.6 is 34.4 Å². The van der Waals surface area contributed by atoms with E-state index >= 15 is 0 Å². The molecule has 2 aliphatic heterocycles. The van der Waals surface area contributed by atoms with Crippen LogP contribution in [0.3, 0.4) is 0 Å². The van der Waals surface area contributed by atoms with Crippen molar-refractivity contribution in [3.8, 4) is 0 Å². The van der Waals surface area contributed by atoms with Crippen molar-refractivity contribution in [2.45, 2.75) is 27.9 Å². The molecule has 2 aliphatic rings. The third kappa shape index (κ3) is 2.19. The smallest absolute Gasteiger partial charge is 0.0900 e. The zero-order valence-corrected chi connectivity index (χ0v) is 12.8. The predicted molar refractivity (Wildman–Crippen MR) is 81.1 cm³/mol. The summed E-state index contributed by atoms with van der Waals surface area (Å²) < 4.78 is 6.52. The molecule has 0 spiro atoms. The van der Waals surface area contributed by atoms with Gasteiger partial charge in [-0.15, -0.1) is 11.8 Å². The van der Waals surface area contributed by atoms with E-state index < -0.39 is 0 Å². The topological polar surface area (TPSA) is 21.3 Å². The fraction of sp³-hybridized carbons (Fsp3) is 0.538. The zero-order chi connectivity index (χ0) is 11.8. The number of benzene rings is 1. The number of hydrogen-bond acceptors (Lipinski definition) is 3. The minimum absolute atomic E-state index is 0.300. The molecule has 1 aromatic carbocycles. The molecule has 3 rings (SSSR count). The summed E-state index contributed by atoms with van der Waals surface area (Å²) in [5, 5.41) is 3.61. The molecule has 1 N–H and O–H groups in total. The van der Waals surface area contributed by atoms with Crippen LogP contribution in [0.15, 0.2) is 23.1 Å². The van der Waals surface area contributed by atoms with Crippen LogP contribution in [-0.4, -0.2) is 16.9 Å². The van der Waals surface area contributed by atoms with Crippen LogP contribution < -0.4 is 5.32 Å². The molecule has 0 aromatic heterocycles. The molecule has 0 aliphatic carbocycles. The first-order chi connectivity index (χ1) is 8.29. The number of anilines is 1. The Morgan fingerprint density at radius 2 is 2.35 bits per heavy atom. The van der Waals surface area contributed by atoms with E-state index in [1.54, 1.807) is 11.8 Å². The van der Waals surface area contributed by atoms with E-state index in [-0.39, 0.29) is 0 Å². The summed E-state index contributed by atoms with van der Waals surface area (Å²) in [6.07, 6.45) is 4.89. The van der Waals surface area contributed by atoms with Gasteiger partial charge in [-0.25, -0.2) is 0 Å². The Labute approximate surface area is 120 Å². The van der Waals surface area contributed by atoms with Gasteiger partial charge in [-0.3, -0.25) is 0 Å². The molecule has 1 fully saturated rings. The Bertz CT molecular complexity index is 426. The molecule has 0 unspecified atom stereocenters. The van der Waals surface area contributed by atoms with Crippen molar-refractivity contribution in [3.63, 3.8) is 0 Å². The number of thioether (sulfide) groups is 1. The minimum Gasteiger partial charge on any atom is -0.373 e. The first-order valence-corrected chi connectivity index (χ1v) is 8.47. The van der Waals surface area contributed by atoms with Gasteiger partial charge in [0.05, 0.1) is 10.2 Å². The van der Waals surface area contributed by atoms with E-state index in [1.807, 2.05) is 0 Å². The van der Waals surface area contributed by atoms with Crippen LogP contribution in [0.25, 0.3) is 0 Å². The number of alkyl halides is 1. The van der Waals surface area contributed by atoms with Gasteiger partial charge in [0.15, 0.2) is 0 Å². The molecule has 3 atom stereocenters. The van der Waals surface area contributed by atoms with Gasteiger partial charge >= 0.3 is 0 Å². The average molecular weight is 361 g/mol. The third-order valence-electron chi connectivity index (χ3n) is 3.60. The summed E-state index contributed by atoms with van der Waals surface area (Å²) in [5.41, 5.74) is 2.61. The lowest BCUT2D eigenvalue weighted by atomic mass is 9.86. The largest absolute Gasteiger partial charge is 0.373 e. The molecule has 0 amide bonds. The molecule has 4 heteroatoms. The SMILES string of the molecule is CSc1ccc2c(c1)[C@H]1OCCC[C@H]1[C@H](I)N2. The monoisotopic (exact) mass is 361 g/mol. The average Bonchev–Trinajstić information content (AvgIpc) is 2.39. The maximum absolute atomic E-state index is 6.02. The number of nitrogens with one attached hydrogen (secondary N) is 1. The lowest BCUT2D eigenvalue weighted by Crippen LogP contribution is -2.37. The van der Waals surface area contributed by atoms with E-state index in [2.05, 4.69) is 52.4 Å². The lowest BCUT2D eigenvalue weighted by Gasteiger charge is -2.41. The van der Waals surface area contributed by atoms with Crippen LogP contribution in [0.5, 0.6) is 0 Å². The Morgan fingerprint density at radius 3 is 3.18 bits per heavy atom. The van der Waals surface area contributed by atoms with E-state index in [0.29, 0.717) is 16.1 Å².